The molecule has 0 fully saturated rings. The van der Waals surface area contributed by atoms with Gasteiger partial charge in [-0.1, -0.05) is 30.4 Å². The second-order valence-corrected chi connectivity index (χ2v) is 7.99. The van der Waals surface area contributed by atoms with Crippen LogP contribution in [0.2, 0.25) is 0 Å². The number of aryl methyl sites for hydroxylation is 2. The van der Waals surface area contributed by atoms with Crippen molar-refractivity contribution in [2.45, 2.75) is 60.2 Å². The van der Waals surface area contributed by atoms with E-state index in [4.69, 9.17) is 9.47 Å². The first kappa shape index (κ1) is 21.7. The molecule has 25 heavy (non-hydrogen) atoms. The highest BCUT2D eigenvalue weighted by Crippen LogP contribution is 2.37. The third-order valence-corrected chi connectivity index (χ3v) is 4.38. The number of esters is 1. The van der Waals surface area contributed by atoms with E-state index in [1.165, 1.54) is 0 Å². The lowest BCUT2D eigenvalue weighted by molar-refractivity contribution is -0.167. The number of halogens is 1. The molecule has 0 amide bonds. The third kappa shape index (κ3) is 6.12. The summed E-state index contributed by atoms with van der Waals surface area (Å²) in [6, 6.07) is 2.07. The number of hydrogen-bond acceptors (Lipinski definition) is 3. The molecule has 138 valence electrons. The van der Waals surface area contributed by atoms with Crippen LogP contribution in [0.1, 0.15) is 63.0 Å². The Morgan fingerprint density at radius 3 is 2.40 bits per heavy atom. The van der Waals surface area contributed by atoms with E-state index in [1.54, 1.807) is 6.92 Å². The lowest BCUT2D eigenvalue weighted by Gasteiger charge is -2.29. The third-order valence-electron chi connectivity index (χ3n) is 3.52. The average Bonchev–Trinajstić information content (AvgIpc) is 2.44. The van der Waals surface area contributed by atoms with E-state index < -0.39 is 11.7 Å². The molecule has 0 unspecified atom stereocenters. The Bertz CT molecular complexity index is 681. The Balaban J connectivity index is 3.55. The second kappa shape index (κ2) is 8.81. The van der Waals surface area contributed by atoms with Crippen LogP contribution in [-0.4, -0.2) is 18.2 Å². The van der Waals surface area contributed by atoms with Crippen molar-refractivity contribution in [1.82, 2.24) is 0 Å². The summed E-state index contributed by atoms with van der Waals surface area (Å²) in [6.45, 7) is 17.8. The van der Waals surface area contributed by atoms with E-state index in [2.05, 4.69) is 28.6 Å². The fourth-order valence-electron chi connectivity index (χ4n) is 2.52. The molecule has 0 aliphatic heterocycles. The fourth-order valence-corrected chi connectivity index (χ4v) is 3.49. The number of hydrogen-bond donors (Lipinski definition) is 0. The van der Waals surface area contributed by atoms with Gasteiger partial charge in [0.15, 0.2) is 6.10 Å². The molecule has 0 heterocycles. The SMILES string of the molecule is C=C(C)/C=C\c1c(C)cc(C)c([C@H](OC(C)(C)C)C(=O)OCC)c1Br. The highest BCUT2D eigenvalue weighted by molar-refractivity contribution is 9.10. The first-order valence-electron chi connectivity index (χ1n) is 8.45. The molecular weight excluding hydrogens is 380 g/mol. The molecule has 4 heteroatoms. The Morgan fingerprint density at radius 2 is 1.92 bits per heavy atom. The Labute approximate surface area is 160 Å². The minimum atomic E-state index is -0.785. The van der Waals surface area contributed by atoms with Gasteiger partial charge < -0.3 is 9.47 Å². The molecule has 0 N–H and O–H groups in total. The number of benzene rings is 1. The minimum Gasteiger partial charge on any atom is -0.464 e. The number of allylic oxidation sites excluding steroid dienone is 2. The van der Waals surface area contributed by atoms with Gasteiger partial charge in [0, 0.05) is 10.0 Å². The standard InChI is InChI=1S/C21H29BrO3/c1-9-24-20(23)19(25-21(6,7)8)17-15(5)12-14(4)16(18(17)22)11-10-13(2)3/h10-12,19H,2,9H2,1,3-8H3/b11-10-/t19-/m0/s1. The van der Waals surface area contributed by atoms with Crippen LogP contribution in [0.5, 0.6) is 0 Å². The van der Waals surface area contributed by atoms with Crippen LogP contribution in [0.3, 0.4) is 0 Å². The molecule has 0 aromatic heterocycles. The summed E-state index contributed by atoms with van der Waals surface area (Å²) >= 11 is 3.69. The summed E-state index contributed by atoms with van der Waals surface area (Å²) in [5.41, 5.74) is 4.39. The molecule has 1 aromatic rings. The van der Waals surface area contributed by atoms with Crippen LogP contribution in [0.4, 0.5) is 0 Å². The predicted octanol–water partition coefficient (Wildman–Crippen LogP) is 6.07. The highest BCUT2D eigenvalue weighted by atomic mass is 79.9. The molecule has 3 nitrogen and oxygen atoms in total. The smallest absolute Gasteiger partial charge is 0.340 e. The van der Waals surface area contributed by atoms with Crippen LogP contribution in [-0.2, 0) is 14.3 Å². The van der Waals surface area contributed by atoms with Gasteiger partial charge in [-0.2, -0.15) is 0 Å². The van der Waals surface area contributed by atoms with E-state index in [-0.39, 0.29) is 5.97 Å². The molecule has 0 radical (unpaired) electrons. The van der Waals surface area contributed by atoms with Gasteiger partial charge in [0.2, 0.25) is 0 Å². The molecular formula is C21H29BrO3. The van der Waals surface area contributed by atoms with Gasteiger partial charge in [-0.3, -0.25) is 0 Å². The summed E-state index contributed by atoms with van der Waals surface area (Å²) in [7, 11) is 0. The number of ether oxygens (including phenoxy) is 2. The van der Waals surface area contributed by atoms with E-state index in [1.807, 2.05) is 53.7 Å². The summed E-state index contributed by atoms with van der Waals surface area (Å²) < 4.78 is 12.2. The Hall–Kier alpha value is -1.39. The van der Waals surface area contributed by atoms with Gasteiger partial charge >= 0.3 is 5.97 Å². The molecule has 0 saturated carbocycles. The van der Waals surface area contributed by atoms with Gasteiger partial charge in [-0.25, -0.2) is 4.79 Å². The highest BCUT2D eigenvalue weighted by Gasteiger charge is 2.32. The van der Waals surface area contributed by atoms with Crippen molar-refractivity contribution in [3.63, 3.8) is 0 Å². The topological polar surface area (TPSA) is 35.5 Å². The maximum atomic E-state index is 12.6. The van der Waals surface area contributed by atoms with E-state index >= 15 is 0 Å². The minimum absolute atomic E-state index is 0.313. The van der Waals surface area contributed by atoms with E-state index in [0.717, 1.165) is 32.3 Å². The predicted molar refractivity (Wildman–Crippen MR) is 108 cm³/mol. The van der Waals surface area contributed by atoms with Crippen molar-refractivity contribution in [3.05, 3.63) is 51.0 Å². The maximum Gasteiger partial charge on any atom is 0.340 e. The van der Waals surface area contributed by atoms with Crippen molar-refractivity contribution in [2.24, 2.45) is 0 Å². The van der Waals surface area contributed by atoms with Crippen LogP contribution in [0, 0.1) is 13.8 Å². The lowest BCUT2D eigenvalue weighted by atomic mass is 9.95. The zero-order valence-electron chi connectivity index (χ0n) is 16.3. The average molecular weight is 409 g/mol. The molecule has 1 aromatic carbocycles. The number of carbonyl (C=O) groups excluding carboxylic acids is 1. The van der Waals surface area contributed by atoms with Gasteiger partial charge in [-0.05, 0) is 81.1 Å². The van der Waals surface area contributed by atoms with Crippen molar-refractivity contribution in [2.75, 3.05) is 6.61 Å². The van der Waals surface area contributed by atoms with Crippen LogP contribution in [0.25, 0.3) is 6.08 Å². The summed E-state index contributed by atoms with van der Waals surface area (Å²) in [5.74, 6) is -0.375. The second-order valence-electron chi connectivity index (χ2n) is 7.19. The van der Waals surface area contributed by atoms with Crippen molar-refractivity contribution in [3.8, 4) is 0 Å². The molecule has 0 aliphatic carbocycles. The van der Waals surface area contributed by atoms with Crippen LogP contribution < -0.4 is 0 Å². The molecule has 1 rings (SSSR count). The normalized spacial score (nSPS) is 13.1. The van der Waals surface area contributed by atoms with Crippen LogP contribution >= 0.6 is 15.9 Å². The maximum absolute atomic E-state index is 12.6. The van der Waals surface area contributed by atoms with Crippen LogP contribution in [0.15, 0.2) is 28.8 Å². The largest absolute Gasteiger partial charge is 0.464 e. The van der Waals surface area contributed by atoms with Gasteiger partial charge in [0.1, 0.15) is 0 Å². The van der Waals surface area contributed by atoms with Gasteiger partial charge in [0.25, 0.3) is 0 Å². The number of carbonyl (C=O) groups is 1. The molecule has 0 spiro atoms. The quantitative estimate of drug-likeness (QED) is 0.422. The zero-order chi connectivity index (χ0) is 19.4. The summed E-state index contributed by atoms with van der Waals surface area (Å²) in [5, 5.41) is 0. The Kier molecular flexibility index (Phi) is 7.63. The zero-order valence-corrected chi connectivity index (χ0v) is 17.9. The molecule has 0 saturated heterocycles. The fraction of sp³-hybridized carbons (Fsp3) is 0.476. The van der Waals surface area contributed by atoms with Crippen molar-refractivity contribution < 1.29 is 14.3 Å². The molecule has 1 atom stereocenters. The lowest BCUT2D eigenvalue weighted by Crippen LogP contribution is -2.29. The van der Waals surface area contributed by atoms with Crippen molar-refractivity contribution in [1.29, 1.82) is 0 Å². The molecule has 0 aliphatic rings. The summed E-state index contributed by atoms with van der Waals surface area (Å²) in [6.07, 6.45) is 3.17. The van der Waals surface area contributed by atoms with Gasteiger partial charge in [0.05, 0.1) is 12.2 Å². The first-order valence-corrected chi connectivity index (χ1v) is 9.24. The first-order chi connectivity index (χ1) is 11.5. The van der Waals surface area contributed by atoms with Crippen molar-refractivity contribution >= 4 is 28.0 Å². The molecule has 0 bridgehead atoms. The monoisotopic (exact) mass is 408 g/mol. The van der Waals surface area contributed by atoms with E-state index in [0.29, 0.717) is 6.61 Å². The van der Waals surface area contributed by atoms with Gasteiger partial charge in [-0.15, -0.1) is 0 Å². The van der Waals surface area contributed by atoms with E-state index in [9.17, 15) is 4.79 Å². The Morgan fingerprint density at radius 1 is 1.32 bits per heavy atom. The number of rotatable bonds is 6. The summed E-state index contributed by atoms with van der Waals surface area (Å²) in [4.78, 5) is 12.6.